The zero-order valence-corrected chi connectivity index (χ0v) is 12.8. The summed E-state index contributed by atoms with van der Waals surface area (Å²) in [6, 6.07) is 8.66. The highest BCUT2D eigenvalue weighted by molar-refractivity contribution is 5.96. The largest absolute Gasteiger partial charge is 0.353 e. The maximum atomic E-state index is 11.8. The Bertz CT molecular complexity index is 740. The van der Waals surface area contributed by atoms with E-state index in [1.54, 1.807) is 31.2 Å². The van der Waals surface area contributed by atoms with Gasteiger partial charge in [-0.2, -0.15) is 0 Å². The Morgan fingerprint density at radius 3 is 2.65 bits per heavy atom. The van der Waals surface area contributed by atoms with Crippen LogP contribution in [-0.4, -0.2) is 34.5 Å². The summed E-state index contributed by atoms with van der Waals surface area (Å²) in [5, 5.41) is 5.18. The number of hydrogen-bond donors (Lipinski definition) is 2. The number of carbonyl (C=O) groups is 2. The van der Waals surface area contributed by atoms with E-state index >= 15 is 0 Å². The molecule has 1 heterocycles. The van der Waals surface area contributed by atoms with Gasteiger partial charge in [0.05, 0.1) is 12.9 Å². The van der Waals surface area contributed by atoms with E-state index in [4.69, 9.17) is 0 Å². The molecule has 1 aromatic heterocycles. The van der Waals surface area contributed by atoms with E-state index in [2.05, 4.69) is 15.6 Å². The Hall–Kier alpha value is -2.96. The maximum Gasteiger partial charge on any atom is 0.256 e. The fourth-order valence-corrected chi connectivity index (χ4v) is 1.95. The number of aryl methyl sites for hydroxylation is 1. The topological polar surface area (TPSA) is 93.1 Å². The van der Waals surface area contributed by atoms with Crippen molar-refractivity contribution < 1.29 is 9.59 Å². The lowest BCUT2D eigenvalue weighted by Gasteiger charge is -2.08. The molecule has 0 atom stereocenters. The first-order valence-corrected chi connectivity index (χ1v) is 7.19. The van der Waals surface area contributed by atoms with Crippen LogP contribution in [0.5, 0.6) is 0 Å². The maximum absolute atomic E-state index is 11.8. The number of aromatic nitrogens is 2. The number of carbonyl (C=O) groups excluding carboxylic acids is 2. The standard InChI is InChI=1S/C16H18N4O3/c1-12-9-17-11-20(16(12)23)8-7-18-14(21)10-19-15(22)13-5-3-2-4-6-13/h2-6,9,11H,7-8,10H2,1H3,(H,18,21)(H,19,22). The third kappa shape index (κ3) is 4.77. The first-order chi connectivity index (χ1) is 11.1. The summed E-state index contributed by atoms with van der Waals surface area (Å²) in [6.07, 6.45) is 2.93. The molecule has 1 aromatic carbocycles. The molecule has 2 rings (SSSR count). The van der Waals surface area contributed by atoms with Gasteiger partial charge in [0.2, 0.25) is 5.91 Å². The number of amides is 2. The van der Waals surface area contributed by atoms with Gasteiger partial charge in [-0.1, -0.05) is 18.2 Å². The zero-order valence-electron chi connectivity index (χ0n) is 12.8. The van der Waals surface area contributed by atoms with Gasteiger partial charge in [-0.15, -0.1) is 0 Å². The third-order valence-electron chi connectivity index (χ3n) is 3.19. The van der Waals surface area contributed by atoms with Crippen LogP contribution in [0.4, 0.5) is 0 Å². The first kappa shape index (κ1) is 16.4. The second-order valence-electron chi connectivity index (χ2n) is 4.97. The first-order valence-electron chi connectivity index (χ1n) is 7.19. The minimum absolute atomic E-state index is 0.116. The molecule has 0 radical (unpaired) electrons. The summed E-state index contributed by atoms with van der Waals surface area (Å²) >= 11 is 0. The number of benzene rings is 1. The van der Waals surface area contributed by atoms with Crippen LogP contribution in [0.25, 0.3) is 0 Å². The van der Waals surface area contributed by atoms with Crippen molar-refractivity contribution in [3.63, 3.8) is 0 Å². The summed E-state index contributed by atoms with van der Waals surface area (Å²) in [6.45, 7) is 2.18. The van der Waals surface area contributed by atoms with Gasteiger partial charge in [0.15, 0.2) is 0 Å². The van der Waals surface area contributed by atoms with Crippen LogP contribution in [0, 0.1) is 6.92 Å². The van der Waals surface area contributed by atoms with Crippen LogP contribution in [0.1, 0.15) is 15.9 Å². The molecule has 23 heavy (non-hydrogen) atoms. The van der Waals surface area contributed by atoms with Crippen molar-refractivity contribution in [1.82, 2.24) is 20.2 Å². The van der Waals surface area contributed by atoms with Crippen LogP contribution in [0.15, 0.2) is 47.7 Å². The fraction of sp³-hybridized carbons (Fsp3) is 0.250. The van der Waals surface area contributed by atoms with Crippen molar-refractivity contribution >= 4 is 11.8 Å². The predicted octanol–water partition coefficient (Wildman–Crippen LogP) is 0.0979. The molecule has 0 aliphatic carbocycles. The SMILES string of the molecule is Cc1cncn(CCNC(=O)CNC(=O)c2ccccc2)c1=O. The summed E-state index contributed by atoms with van der Waals surface area (Å²) in [5.74, 6) is -0.622. The van der Waals surface area contributed by atoms with E-state index in [0.717, 1.165) is 0 Å². The van der Waals surface area contributed by atoms with Gasteiger partial charge in [0.1, 0.15) is 0 Å². The normalized spacial score (nSPS) is 10.1. The van der Waals surface area contributed by atoms with E-state index in [1.165, 1.54) is 17.1 Å². The number of nitrogens with zero attached hydrogens (tertiary/aromatic N) is 2. The molecule has 0 unspecified atom stereocenters. The summed E-state index contributed by atoms with van der Waals surface area (Å²) in [5.41, 5.74) is 0.915. The van der Waals surface area contributed by atoms with Gasteiger partial charge in [-0.05, 0) is 19.1 Å². The Labute approximate surface area is 133 Å². The molecule has 7 heteroatoms. The molecule has 2 N–H and O–H groups in total. The lowest BCUT2D eigenvalue weighted by molar-refractivity contribution is -0.120. The van der Waals surface area contributed by atoms with Gasteiger partial charge in [0, 0.05) is 30.4 Å². The van der Waals surface area contributed by atoms with Crippen molar-refractivity contribution in [1.29, 1.82) is 0 Å². The quantitative estimate of drug-likeness (QED) is 0.791. The Morgan fingerprint density at radius 1 is 1.17 bits per heavy atom. The van der Waals surface area contributed by atoms with Crippen LogP contribution in [-0.2, 0) is 11.3 Å². The van der Waals surface area contributed by atoms with E-state index in [-0.39, 0.29) is 30.5 Å². The highest BCUT2D eigenvalue weighted by atomic mass is 16.2. The molecule has 0 fully saturated rings. The number of rotatable bonds is 6. The molecule has 0 saturated carbocycles. The van der Waals surface area contributed by atoms with E-state index in [0.29, 0.717) is 17.7 Å². The summed E-state index contributed by atoms with van der Waals surface area (Å²) in [7, 11) is 0. The summed E-state index contributed by atoms with van der Waals surface area (Å²) in [4.78, 5) is 39.2. The number of hydrogen-bond acceptors (Lipinski definition) is 4. The van der Waals surface area contributed by atoms with Crippen molar-refractivity contribution in [3.05, 3.63) is 64.3 Å². The van der Waals surface area contributed by atoms with Gasteiger partial charge in [-0.3, -0.25) is 19.0 Å². The molecular weight excluding hydrogens is 296 g/mol. The van der Waals surface area contributed by atoms with Crippen LogP contribution < -0.4 is 16.2 Å². The van der Waals surface area contributed by atoms with Crippen molar-refractivity contribution in [2.45, 2.75) is 13.5 Å². The monoisotopic (exact) mass is 314 g/mol. The van der Waals surface area contributed by atoms with Gasteiger partial charge < -0.3 is 10.6 Å². The average molecular weight is 314 g/mol. The smallest absolute Gasteiger partial charge is 0.256 e. The molecule has 7 nitrogen and oxygen atoms in total. The molecule has 0 aliphatic heterocycles. The molecule has 0 aliphatic rings. The second kappa shape index (κ2) is 7.88. The van der Waals surface area contributed by atoms with E-state index < -0.39 is 0 Å². The predicted molar refractivity (Wildman–Crippen MR) is 85.0 cm³/mol. The highest BCUT2D eigenvalue weighted by Gasteiger charge is 2.07. The lowest BCUT2D eigenvalue weighted by atomic mass is 10.2. The van der Waals surface area contributed by atoms with E-state index in [1.807, 2.05) is 6.07 Å². The van der Waals surface area contributed by atoms with Crippen molar-refractivity contribution in [2.75, 3.05) is 13.1 Å². The van der Waals surface area contributed by atoms with Crippen LogP contribution in [0.3, 0.4) is 0 Å². The Kier molecular flexibility index (Phi) is 5.62. The highest BCUT2D eigenvalue weighted by Crippen LogP contribution is 1.97. The Morgan fingerprint density at radius 2 is 1.91 bits per heavy atom. The molecule has 2 amide bonds. The molecule has 120 valence electrons. The number of nitrogens with one attached hydrogen (secondary N) is 2. The average Bonchev–Trinajstić information content (AvgIpc) is 2.57. The molecule has 2 aromatic rings. The van der Waals surface area contributed by atoms with Gasteiger partial charge >= 0.3 is 0 Å². The third-order valence-corrected chi connectivity index (χ3v) is 3.19. The molecular formula is C16H18N4O3. The molecule has 0 saturated heterocycles. The fourth-order valence-electron chi connectivity index (χ4n) is 1.95. The van der Waals surface area contributed by atoms with Crippen molar-refractivity contribution in [2.24, 2.45) is 0 Å². The molecule has 0 bridgehead atoms. The molecule has 0 spiro atoms. The Balaban J connectivity index is 1.74. The van der Waals surface area contributed by atoms with Crippen LogP contribution >= 0.6 is 0 Å². The van der Waals surface area contributed by atoms with Gasteiger partial charge in [0.25, 0.3) is 11.5 Å². The van der Waals surface area contributed by atoms with Gasteiger partial charge in [-0.25, -0.2) is 4.98 Å². The minimum Gasteiger partial charge on any atom is -0.353 e. The minimum atomic E-state index is -0.317. The second-order valence-corrected chi connectivity index (χ2v) is 4.97. The van der Waals surface area contributed by atoms with E-state index in [9.17, 15) is 14.4 Å². The lowest BCUT2D eigenvalue weighted by Crippen LogP contribution is -2.39. The van der Waals surface area contributed by atoms with Crippen molar-refractivity contribution in [3.8, 4) is 0 Å². The summed E-state index contributed by atoms with van der Waals surface area (Å²) < 4.78 is 1.43. The zero-order chi connectivity index (χ0) is 16.7. The van der Waals surface area contributed by atoms with Crippen LogP contribution in [0.2, 0.25) is 0 Å².